The molecular formula is C9H16BN2O3. The van der Waals surface area contributed by atoms with Crippen molar-refractivity contribution >= 4 is 19.2 Å². The number of nitrogens with two attached hydrogens (primary N) is 1. The molecule has 0 aromatic carbocycles. The highest BCUT2D eigenvalue weighted by atomic mass is 16.3. The molecule has 1 aliphatic rings. The van der Waals surface area contributed by atoms with Crippen LogP contribution in [0.25, 0.3) is 0 Å². The maximum Gasteiger partial charge on any atom is 0.242 e. The summed E-state index contributed by atoms with van der Waals surface area (Å²) in [5.74, 6) is -2.01. The Bertz CT molecular complexity index is 298. The Labute approximate surface area is 91.1 Å². The van der Waals surface area contributed by atoms with Crippen LogP contribution < -0.4 is 11.0 Å². The molecule has 0 aromatic rings. The van der Waals surface area contributed by atoms with Crippen molar-refractivity contribution in [2.75, 3.05) is 0 Å². The van der Waals surface area contributed by atoms with Crippen LogP contribution in [0.2, 0.25) is 8.23 Å². The zero-order valence-electron chi connectivity index (χ0n) is 9.91. The van der Waals surface area contributed by atoms with Gasteiger partial charge in [0.2, 0.25) is 19.2 Å². The van der Waals surface area contributed by atoms with Crippen LogP contribution in [0.3, 0.4) is 0 Å². The number of amides is 2. The summed E-state index contributed by atoms with van der Waals surface area (Å²) in [6, 6.07) is 0. The Morgan fingerprint density at radius 3 is 2.73 bits per heavy atom. The van der Waals surface area contributed by atoms with Gasteiger partial charge in [-0.2, -0.15) is 0 Å². The van der Waals surface area contributed by atoms with Crippen LogP contribution in [0.5, 0.6) is 0 Å². The molecule has 0 spiro atoms. The van der Waals surface area contributed by atoms with Crippen LogP contribution in [0.15, 0.2) is 0 Å². The molecule has 0 bridgehead atoms. The Morgan fingerprint density at radius 2 is 2.20 bits per heavy atom. The monoisotopic (exact) mass is 212 g/mol. The highest BCUT2D eigenvalue weighted by Crippen LogP contribution is 2.39. The van der Waals surface area contributed by atoms with Gasteiger partial charge in [0, 0.05) is 0 Å². The average molecular weight is 212 g/mol. The number of carbonyl (C=O) groups is 2. The molecule has 83 valence electrons. The molecule has 4 N–H and O–H groups in total. The molecule has 5 nitrogen and oxygen atoms in total. The van der Waals surface area contributed by atoms with Gasteiger partial charge in [0.15, 0.2) is 1.41 Å². The molecule has 1 unspecified atom stereocenters. The van der Waals surface area contributed by atoms with Gasteiger partial charge in [-0.1, -0.05) is 6.82 Å². The molecule has 2 amide bonds. The van der Waals surface area contributed by atoms with Crippen molar-refractivity contribution in [3.05, 3.63) is 0 Å². The Hall–Kier alpha value is -1.04. The van der Waals surface area contributed by atoms with Crippen molar-refractivity contribution in [2.45, 2.75) is 32.2 Å². The fourth-order valence-electron chi connectivity index (χ4n) is 2.12. The molecule has 0 heterocycles. The van der Waals surface area contributed by atoms with Crippen LogP contribution in [0.4, 0.5) is 0 Å². The number of primary amides is 1. The van der Waals surface area contributed by atoms with E-state index in [1.807, 2.05) is 0 Å². The van der Waals surface area contributed by atoms with Crippen molar-refractivity contribution in [3.8, 4) is 0 Å². The lowest BCUT2D eigenvalue weighted by atomic mass is 9.91. The Kier molecular flexibility index (Phi) is 2.95. The van der Waals surface area contributed by atoms with Crippen LogP contribution in [0, 0.1) is 11.8 Å². The lowest BCUT2D eigenvalue weighted by Crippen LogP contribution is -2.38. The van der Waals surface area contributed by atoms with Gasteiger partial charge < -0.3 is 16.1 Å². The van der Waals surface area contributed by atoms with Gasteiger partial charge in [-0.25, -0.2) is 0 Å². The second kappa shape index (κ2) is 4.22. The predicted molar refractivity (Wildman–Crippen MR) is 55.8 cm³/mol. The summed E-state index contributed by atoms with van der Waals surface area (Å²) >= 11 is 0. The SMILES string of the molecule is [2H]NC(=O)[C@H]1CC(C)(O)C[C@@H]1C(=O)N[B]C. The molecular weight excluding hydrogens is 195 g/mol. The number of rotatable bonds is 3. The van der Waals surface area contributed by atoms with Crippen LogP contribution >= 0.6 is 0 Å². The van der Waals surface area contributed by atoms with Crippen molar-refractivity contribution in [1.82, 2.24) is 5.23 Å². The minimum Gasteiger partial charge on any atom is -0.403 e. The first-order valence-electron chi connectivity index (χ1n) is 5.43. The lowest BCUT2D eigenvalue weighted by molar-refractivity contribution is -0.131. The molecule has 0 saturated heterocycles. The minimum absolute atomic E-state index is 0.208. The summed E-state index contributed by atoms with van der Waals surface area (Å²) in [4.78, 5) is 23.1. The van der Waals surface area contributed by atoms with E-state index < -0.39 is 23.3 Å². The fourth-order valence-corrected chi connectivity index (χ4v) is 2.12. The summed E-state index contributed by atoms with van der Waals surface area (Å²) in [5.41, 5.74) is 0.760. The van der Waals surface area contributed by atoms with E-state index in [0.717, 1.165) is 0 Å². The van der Waals surface area contributed by atoms with Gasteiger partial charge >= 0.3 is 0 Å². The first kappa shape index (κ1) is 10.5. The van der Waals surface area contributed by atoms with Crippen molar-refractivity contribution in [2.24, 2.45) is 17.6 Å². The van der Waals surface area contributed by atoms with E-state index in [-0.39, 0.29) is 18.7 Å². The highest BCUT2D eigenvalue weighted by molar-refractivity contribution is 6.35. The summed E-state index contributed by atoms with van der Waals surface area (Å²) in [5, 5.41) is 12.4. The Morgan fingerprint density at radius 1 is 1.60 bits per heavy atom. The first-order valence-corrected chi connectivity index (χ1v) is 4.93. The molecule has 15 heavy (non-hydrogen) atoms. The second-order valence-electron chi connectivity index (χ2n) is 4.28. The van der Waals surface area contributed by atoms with E-state index in [2.05, 4.69) is 5.23 Å². The van der Waals surface area contributed by atoms with Crippen LogP contribution in [-0.4, -0.2) is 29.9 Å². The third kappa shape index (κ3) is 2.71. The normalized spacial score (nSPS) is 35.5. The Balaban J connectivity index is 2.80. The zero-order chi connectivity index (χ0) is 12.3. The van der Waals surface area contributed by atoms with Gasteiger partial charge in [0.25, 0.3) is 0 Å². The van der Waals surface area contributed by atoms with Crippen LogP contribution in [0.1, 0.15) is 19.8 Å². The molecule has 1 aliphatic carbocycles. The average Bonchev–Trinajstić information content (AvgIpc) is 2.54. The number of carbonyl (C=O) groups excluding carboxylic acids is 2. The topological polar surface area (TPSA) is 92.4 Å². The van der Waals surface area contributed by atoms with Gasteiger partial charge in [0.1, 0.15) is 0 Å². The fraction of sp³-hybridized carbons (Fsp3) is 0.778. The highest BCUT2D eigenvalue weighted by Gasteiger charge is 2.46. The largest absolute Gasteiger partial charge is 0.403 e. The summed E-state index contributed by atoms with van der Waals surface area (Å²) in [7, 11) is 1.49. The third-order valence-corrected chi connectivity index (χ3v) is 2.77. The molecule has 1 fully saturated rings. The van der Waals surface area contributed by atoms with Crippen molar-refractivity contribution in [3.63, 3.8) is 0 Å². The molecule has 3 atom stereocenters. The summed E-state index contributed by atoms with van der Waals surface area (Å²) in [6.45, 7) is 3.27. The molecule has 0 aliphatic heterocycles. The maximum absolute atomic E-state index is 11.7. The first-order chi connectivity index (χ1) is 7.41. The van der Waals surface area contributed by atoms with Gasteiger partial charge in [-0.15, -0.1) is 0 Å². The number of nitrogens with one attached hydrogen (secondary N) is 1. The molecule has 1 radical (unpaired) electrons. The third-order valence-electron chi connectivity index (χ3n) is 2.77. The van der Waals surface area contributed by atoms with Gasteiger partial charge in [-0.3, -0.25) is 9.59 Å². The van der Waals surface area contributed by atoms with E-state index >= 15 is 0 Å². The van der Waals surface area contributed by atoms with E-state index in [0.29, 0.717) is 0 Å². The van der Waals surface area contributed by atoms with Gasteiger partial charge in [-0.05, 0) is 19.8 Å². The summed E-state index contributed by atoms with van der Waals surface area (Å²) < 4.78 is 6.82. The number of aliphatic hydroxyl groups is 1. The predicted octanol–water partition coefficient (Wildman–Crippen LogP) is -0.968. The second-order valence-corrected chi connectivity index (χ2v) is 4.28. The van der Waals surface area contributed by atoms with Crippen molar-refractivity contribution in [1.29, 1.82) is 0 Å². The zero-order valence-corrected chi connectivity index (χ0v) is 8.91. The molecule has 6 heteroatoms. The number of hydrogen-bond donors (Lipinski definition) is 3. The standard InChI is InChI=1S/C9H16BN2O3/c1-9(15)3-5(7(11)13)6(4-9)8(14)12-10-2/h5-6,15H,3-4H2,1-2H3,(H2,11,13)(H,12,14)/t5-,6-,9?/m0/s1/i/hD. The van der Waals surface area contributed by atoms with E-state index in [4.69, 9.17) is 1.41 Å². The molecule has 1 saturated carbocycles. The van der Waals surface area contributed by atoms with E-state index in [9.17, 15) is 14.7 Å². The lowest BCUT2D eigenvalue weighted by Gasteiger charge is -2.15. The summed E-state index contributed by atoms with van der Waals surface area (Å²) in [6.07, 6.45) is 0.449. The quantitative estimate of drug-likeness (QED) is 0.525. The molecule has 0 aromatic heterocycles. The number of hydrogen-bond acceptors (Lipinski definition) is 3. The smallest absolute Gasteiger partial charge is 0.242 e. The molecule has 1 rings (SSSR count). The van der Waals surface area contributed by atoms with E-state index in [1.54, 1.807) is 19.5 Å². The van der Waals surface area contributed by atoms with Crippen molar-refractivity contribution < 1.29 is 16.1 Å². The maximum atomic E-state index is 11.7. The van der Waals surface area contributed by atoms with Gasteiger partial charge in [0.05, 0.1) is 17.4 Å². The van der Waals surface area contributed by atoms with Crippen LogP contribution in [-0.2, 0) is 9.59 Å². The minimum atomic E-state index is -1.02. The van der Waals surface area contributed by atoms with E-state index in [1.165, 1.54) is 7.41 Å².